The van der Waals surface area contributed by atoms with Gasteiger partial charge in [0.1, 0.15) is 18.4 Å². The molecule has 0 bridgehead atoms. The number of carboxylic acid groups (broad SMARTS) is 1. The maximum Gasteiger partial charge on any atom is 0.326 e. The predicted octanol–water partition coefficient (Wildman–Crippen LogP) is 4.10. The summed E-state index contributed by atoms with van der Waals surface area (Å²) < 4.78 is 5.87. The van der Waals surface area contributed by atoms with E-state index in [2.05, 4.69) is 10.3 Å². The Kier molecular flexibility index (Phi) is 6.51. The Morgan fingerprint density at radius 3 is 2.31 bits per heavy atom. The molecule has 4 aromatic rings. The molecule has 32 heavy (non-hydrogen) atoms. The lowest BCUT2D eigenvalue weighted by Gasteiger charge is -2.14. The number of benzene rings is 3. The molecule has 1 unspecified atom stereocenters. The van der Waals surface area contributed by atoms with Gasteiger partial charge in [0, 0.05) is 29.6 Å². The van der Waals surface area contributed by atoms with Gasteiger partial charge in [-0.2, -0.15) is 0 Å². The number of hydrogen-bond donors (Lipinski definition) is 3. The summed E-state index contributed by atoms with van der Waals surface area (Å²) in [5.74, 6) is -0.663. The van der Waals surface area contributed by atoms with E-state index in [-0.39, 0.29) is 18.7 Å². The van der Waals surface area contributed by atoms with E-state index in [0.29, 0.717) is 6.61 Å². The number of carboxylic acids is 1. The average molecular weight is 428 g/mol. The van der Waals surface area contributed by atoms with Gasteiger partial charge in [0.25, 0.3) is 0 Å². The van der Waals surface area contributed by atoms with Crippen LogP contribution in [-0.4, -0.2) is 28.0 Å². The van der Waals surface area contributed by atoms with Gasteiger partial charge in [-0.05, 0) is 28.8 Å². The first-order valence-corrected chi connectivity index (χ1v) is 10.4. The first kappa shape index (κ1) is 21.2. The first-order valence-electron chi connectivity index (χ1n) is 10.4. The monoisotopic (exact) mass is 428 g/mol. The van der Waals surface area contributed by atoms with Crippen LogP contribution in [0.15, 0.2) is 85.1 Å². The van der Waals surface area contributed by atoms with Crippen molar-refractivity contribution in [1.29, 1.82) is 0 Å². The van der Waals surface area contributed by atoms with E-state index in [1.54, 1.807) is 6.20 Å². The van der Waals surface area contributed by atoms with Crippen LogP contribution in [0.4, 0.5) is 0 Å². The molecule has 1 amide bonds. The Hall–Kier alpha value is -4.06. The molecular formula is C26H24N2O4. The number of amides is 1. The van der Waals surface area contributed by atoms with Crippen molar-refractivity contribution in [2.45, 2.75) is 25.5 Å². The van der Waals surface area contributed by atoms with Crippen molar-refractivity contribution < 1.29 is 19.4 Å². The van der Waals surface area contributed by atoms with Gasteiger partial charge in [-0.15, -0.1) is 0 Å². The highest BCUT2D eigenvalue weighted by Crippen LogP contribution is 2.25. The molecule has 0 radical (unpaired) electrons. The van der Waals surface area contributed by atoms with E-state index in [1.165, 1.54) is 0 Å². The van der Waals surface area contributed by atoms with E-state index >= 15 is 0 Å². The molecule has 0 saturated heterocycles. The third-order valence-corrected chi connectivity index (χ3v) is 5.25. The lowest BCUT2D eigenvalue weighted by atomic mass is 10.0. The van der Waals surface area contributed by atoms with Crippen LogP contribution in [0.25, 0.3) is 10.9 Å². The highest BCUT2D eigenvalue weighted by Gasteiger charge is 2.22. The topological polar surface area (TPSA) is 91.4 Å². The zero-order chi connectivity index (χ0) is 22.3. The minimum atomic E-state index is -1.07. The number of carbonyl (C=O) groups excluding carboxylic acids is 1. The summed E-state index contributed by atoms with van der Waals surface area (Å²) in [4.78, 5) is 27.3. The zero-order valence-electron chi connectivity index (χ0n) is 17.5. The van der Waals surface area contributed by atoms with Crippen molar-refractivity contribution in [3.05, 3.63) is 102 Å². The van der Waals surface area contributed by atoms with Crippen LogP contribution in [0.5, 0.6) is 5.75 Å². The van der Waals surface area contributed by atoms with Crippen molar-refractivity contribution in [2.24, 2.45) is 0 Å². The van der Waals surface area contributed by atoms with Gasteiger partial charge < -0.3 is 20.1 Å². The van der Waals surface area contributed by atoms with Crippen LogP contribution in [0.3, 0.4) is 0 Å². The molecule has 162 valence electrons. The van der Waals surface area contributed by atoms with Crippen LogP contribution in [0.1, 0.15) is 16.7 Å². The highest BCUT2D eigenvalue weighted by atomic mass is 16.5. The standard InChI is InChI=1S/C26H24N2O4/c29-25(13-18-7-3-1-4-8-18)28-24(26(30)31)14-20-16-27-23-15-21(11-12-22(20)23)32-17-19-9-5-2-6-10-19/h1-12,15-16,24,27H,13-14,17H2,(H,28,29)(H,30,31). The third-order valence-electron chi connectivity index (χ3n) is 5.25. The summed E-state index contributed by atoms with van der Waals surface area (Å²) in [6, 6.07) is 23.8. The summed E-state index contributed by atoms with van der Waals surface area (Å²) >= 11 is 0. The average Bonchev–Trinajstić information content (AvgIpc) is 3.20. The van der Waals surface area contributed by atoms with Gasteiger partial charge in [-0.1, -0.05) is 60.7 Å². The Morgan fingerprint density at radius 2 is 1.62 bits per heavy atom. The lowest BCUT2D eigenvalue weighted by molar-refractivity contribution is -0.141. The highest BCUT2D eigenvalue weighted by molar-refractivity contribution is 5.88. The number of nitrogens with one attached hydrogen (secondary N) is 2. The number of H-pyrrole nitrogens is 1. The quantitative estimate of drug-likeness (QED) is 0.374. The molecule has 1 atom stereocenters. The van der Waals surface area contributed by atoms with Gasteiger partial charge in [-0.3, -0.25) is 4.79 Å². The van der Waals surface area contributed by atoms with Crippen LogP contribution >= 0.6 is 0 Å². The molecule has 0 aliphatic heterocycles. The van der Waals surface area contributed by atoms with Crippen molar-refractivity contribution in [3.8, 4) is 5.75 Å². The Balaban J connectivity index is 1.42. The maximum atomic E-state index is 12.4. The number of aliphatic carboxylic acids is 1. The van der Waals surface area contributed by atoms with Crippen molar-refractivity contribution in [1.82, 2.24) is 10.3 Å². The minimum Gasteiger partial charge on any atom is -0.489 e. The molecule has 1 aromatic heterocycles. The maximum absolute atomic E-state index is 12.4. The van der Waals surface area contributed by atoms with Gasteiger partial charge in [0.05, 0.1) is 6.42 Å². The molecule has 3 aromatic carbocycles. The predicted molar refractivity (Wildman–Crippen MR) is 122 cm³/mol. The van der Waals surface area contributed by atoms with Gasteiger partial charge in [0.15, 0.2) is 0 Å². The number of aromatic amines is 1. The molecule has 0 aliphatic rings. The third kappa shape index (κ3) is 5.35. The van der Waals surface area contributed by atoms with E-state index in [4.69, 9.17) is 4.74 Å². The lowest BCUT2D eigenvalue weighted by Crippen LogP contribution is -2.43. The fourth-order valence-electron chi connectivity index (χ4n) is 3.61. The van der Waals surface area contributed by atoms with E-state index in [9.17, 15) is 14.7 Å². The van der Waals surface area contributed by atoms with E-state index in [1.807, 2.05) is 78.9 Å². The van der Waals surface area contributed by atoms with E-state index < -0.39 is 12.0 Å². The summed E-state index contributed by atoms with van der Waals surface area (Å²) in [6.07, 6.45) is 2.10. The fourth-order valence-corrected chi connectivity index (χ4v) is 3.61. The molecule has 1 heterocycles. The van der Waals surface area contributed by atoms with Crippen LogP contribution in [0.2, 0.25) is 0 Å². The van der Waals surface area contributed by atoms with Crippen LogP contribution < -0.4 is 10.1 Å². The fraction of sp³-hybridized carbons (Fsp3) is 0.154. The molecular weight excluding hydrogens is 404 g/mol. The van der Waals surface area contributed by atoms with Gasteiger partial charge in [-0.25, -0.2) is 4.79 Å². The number of hydrogen-bond acceptors (Lipinski definition) is 3. The normalized spacial score (nSPS) is 11.8. The second kappa shape index (κ2) is 9.83. The molecule has 3 N–H and O–H groups in total. The minimum absolute atomic E-state index is 0.140. The number of ether oxygens (including phenoxy) is 1. The Morgan fingerprint density at radius 1 is 0.938 bits per heavy atom. The van der Waals surface area contributed by atoms with Crippen molar-refractivity contribution in [3.63, 3.8) is 0 Å². The van der Waals surface area contributed by atoms with Gasteiger partial charge in [0.2, 0.25) is 5.91 Å². The number of fused-ring (bicyclic) bond motifs is 1. The molecule has 6 heteroatoms. The molecule has 0 fully saturated rings. The smallest absolute Gasteiger partial charge is 0.326 e. The summed E-state index contributed by atoms with van der Waals surface area (Å²) in [5, 5.41) is 13.2. The number of rotatable bonds is 9. The molecule has 4 rings (SSSR count). The van der Waals surface area contributed by atoms with Crippen LogP contribution in [0, 0.1) is 0 Å². The largest absolute Gasteiger partial charge is 0.489 e. The summed E-state index contributed by atoms with van der Waals surface area (Å²) in [5.41, 5.74) is 3.59. The van der Waals surface area contributed by atoms with E-state index in [0.717, 1.165) is 33.3 Å². The first-order chi connectivity index (χ1) is 15.6. The summed E-state index contributed by atoms with van der Waals surface area (Å²) in [7, 11) is 0. The molecule has 0 saturated carbocycles. The number of aromatic nitrogens is 1. The Bertz CT molecular complexity index is 1200. The van der Waals surface area contributed by atoms with Gasteiger partial charge >= 0.3 is 5.97 Å². The Labute approximate surface area is 185 Å². The summed E-state index contributed by atoms with van der Waals surface area (Å²) in [6.45, 7) is 0.467. The molecule has 0 spiro atoms. The second-order valence-corrected chi connectivity index (χ2v) is 7.62. The zero-order valence-corrected chi connectivity index (χ0v) is 17.5. The SMILES string of the molecule is O=C(Cc1ccccc1)NC(Cc1c[nH]c2cc(OCc3ccccc3)ccc12)C(=O)O. The van der Waals surface area contributed by atoms with Crippen molar-refractivity contribution >= 4 is 22.8 Å². The molecule has 0 aliphatic carbocycles. The molecule has 6 nitrogen and oxygen atoms in total. The van der Waals surface area contributed by atoms with Crippen LogP contribution in [-0.2, 0) is 29.0 Å². The number of carbonyl (C=O) groups is 2. The van der Waals surface area contributed by atoms with Crippen molar-refractivity contribution in [2.75, 3.05) is 0 Å². The second-order valence-electron chi connectivity index (χ2n) is 7.62.